The Labute approximate surface area is 433 Å². The third-order valence-electron chi connectivity index (χ3n) is 14.7. The molecular formula is C69H57N5. The quantitative estimate of drug-likeness (QED) is 0.160. The molecule has 358 valence electrons. The number of rotatable bonds is 7. The van der Waals surface area contributed by atoms with Crippen molar-refractivity contribution >= 4 is 43.6 Å². The SMILES string of the molecule is Cc1cc(C)cc(-c2ccc3c4ccc(-c5cc(C)cc(C)c5)cc4n(-c4cc(C#N)cc(-n5c6cc(-c7cc(C)cc(C)c7)ccc6c6ccc(-c7cc(C)cc(C)c7)cc65)c4-c4nc(C)cc(C)n4)c3c2)c1. The van der Waals surface area contributed by atoms with Crippen LogP contribution in [0.5, 0.6) is 0 Å². The first-order chi connectivity index (χ1) is 35.6. The van der Waals surface area contributed by atoms with Crippen LogP contribution in [0.1, 0.15) is 61.5 Å². The van der Waals surface area contributed by atoms with E-state index in [1.807, 2.05) is 19.9 Å². The van der Waals surface area contributed by atoms with Crippen LogP contribution in [0.15, 0.2) is 164 Å². The predicted molar refractivity (Wildman–Crippen MR) is 310 cm³/mol. The summed E-state index contributed by atoms with van der Waals surface area (Å²) in [5, 5.41) is 15.8. The lowest BCUT2D eigenvalue weighted by atomic mass is 9.98. The molecule has 0 saturated heterocycles. The largest absolute Gasteiger partial charge is 0.308 e. The molecule has 0 aliphatic carbocycles. The first kappa shape index (κ1) is 46.2. The number of aromatic nitrogens is 4. The van der Waals surface area contributed by atoms with Gasteiger partial charge in [-0.05, 0) is 156 Å². The smallest absolute Gasteiger partial charge is 0.163 e. The first-order valence-electron chi connectivity index (χ1n) is 25.6. The number of aryl methyl sites for hydroxylation is 10. The molecule has 0 radical (unpaired) electrons. The van der Waals surface area contributed by atoms with Gasteiger partial charge in [0.2, 0.25) is 0 Å². The van der Waals surface area contributed by atoms with Crippen molar-refractivity contribution < 1.29 is 0 Å². The van der Waals surface area contributed by atoms with Crippen molar-refractivity contribution in [3.05, 3.63) is 225 Å². The highest BCUT2D eigenvalue weighted by atomic mass is 15.0. The van der Waals surface area contributed by atoms with E-state index >= 15 is 0 Å². The van der Waals surface area contributed by atoms with E-state index in [0.717, 1.165) is 116 Å². The van der Waals surface area contributed by atoms with Crippen molar-refractivity contribution in [1.82, 2.24) is 19.1 Å². The van der Waals surface area contributed by atoms with E-state index in [2.05, 4.69) is 228 Å². The number of nitriles is 1. The normalized spacial score (nSPS) is 11.6. The fourth-order valence-corrected chi connectivity index (χ4v) is 11.9. The summed E-state index contributed by atoms with van der Waals surface area (Å²) in [6, 6.07) is 63.3. The lowest BCUT2D eigenvalue weighted by molar-refractivity contribution is 1.04. The molecule has 74 heavy (non-hydrogen) atoms. The minimum Gasteiger partial charge on any atom is -0.308 e. The van der Waals surface area contributed by atoms with Crippen molar-refractivity contribution in [2.24, 2.45) is 0 Å². The second-order valence-corrected chi connectivity index (χ2v) is 21.1. The van der Waals surface area contributed by atoms with Gasteiger partial charge in [0, 0.05) is 32.9 Å². The molecule has 0 unspecified atom stereocenters. The van der Waals surface area contributed by atoms with Crippen molar-refractivity contribution in [3.63, 3.8) is 0 Å². The fraction of sp³-hybridized carbons (Fsp3) is 0.145. The maximum Gasteiger partial charge on any atom is 0.163 e. The van der Waals surface area contributed by atoms with Crippen LogP contribution in [0.2, 0.25) is 0 Å². The Bertz CT molecular complexity index is 3810. The van der Waals surface area contributed by atoms with Crippen molar-refractivity contribution in [2.45, 2.75) is 69.2 Å². The van der Waals surface area contributed by atoms with Crippen LogP contribution in [-0.4, -0.2) is 19.1 Å². The Balaban J connectivity index is 1.26. The molecule has 0 N–H and O–H groups in total. The van der Waals surface area contributed by atoms with Crippen LogP contribution in [0.4, 0.5) is 0 Å². The Kier molecular flexibility index (Phi) is 11.1. The van der Waals surface area contributed by atoms with E-state index in [-0.39, 0.29) is 0 Å². The van der Waals surface area contributed by atoms with E-state index < -0.39 is 0 Å². The van der Waals surface area contributed by atoms with Gasteiger partial charge in [0.25, 0.3) is 0 Å². The number of fused-ring (bicyclic) bond motifs is 6. The summed E-state index contributed by atoms with van der Waals surface area (Å²) in [5.74, 6) is 0.592. The molecule has 5 heteroatoms. The van der Waals surface area contributed by atoms with Gasteiger partial charge in [0.15, 0.2) is 5.82 Å². The number of nitrogens with zero attached hydrogens (tertiary/aromatic N) is 5. The summed E-state index contributed by atoms with van der Waals surface area (Å²) < 4.78 is 4.78. The molecule has 5 nitrogen and oxygen atoms in total. The molecule has 0 saturated carbocycles. The predicted octanol–water partition coefficient (Wildman–Crippen LogP) is 18.0. The average molecular weight is 956 g/mol. The summed E-state index contributed by atoms with van der Waals surface area (Å²) in [7, 11) is 0. The van der Waals surface area contributed by atoms with E-state index in [9.17, 15) is 5.26 Å². The first-order valence-corrected chi connectivity index (χ1v) is 25.6. The van der Waals surface area contributed by atoms with Crippen LogP contribution in [0.3, 0.4) is 0 Å². The summed E-state index contributed by atoms with van der Waals surface area (Å²) in [6.07, 6.45) is 0. The molecule has 9 aromatic carbocycles. The van der Waals surface area contributed by atoms with Crippen LogP contribution >= 0.6 is 0 Å². The minimum atomic E-state index is 0.528. The summed E-state index contributed by atoms with van der Waals surface area (Å²) >= 11 is 0. The molecule has 12 aromatic rings. The molecule has 0 atom stereocenters. The molecule has 0 fully saturated rings. The van der Waals surface area contributed by atoms with Gasteiger partial charge in [-0.2, -0.15) is 5.26 Å². The fourth-order valence-electron chi connectivity index (χ4n) is 11.9. The molecular weight excluding hydrogens is 899 g/mol. The van der Waals surface area contributed by atoms with E-state index in [1.165, 1.54) is 44.5 Å². The third kappa shape index (κ3) is 8.14. The highest BCUT2D eigenvalue weighted by Gasteiger charge is 2.26. The Hall–Kier alpha value is -8.85. The Morgan fingerprint density at radius 2 is 0.581 bits per heavy atom. The van der Waals surface area contributed by atoms with Crippen molar-refractivity contribution in [2.75, 3.05) is 0 Å². The van der Waals surface area contributed by atoms with Gasteiger partial charge in [-0.1, -0.05) is 166 Å². The zero-order chi connectivity index (χ0) is 51.3. The number of hydrogen-bond acceptors (Lipinski definition) is 3. The average Bonchev–Trinajstić information content (AvgIpc) is 3.85. The zero-order valence-corrected chi connectivity index (χ0v) is 43.8. The number of hydrogen-bond donors (Lipinski definition) is 0. The highest BCUT2D eigenvalue weighted by Crippen LogP contribution is 2.45. The van der Waals surface area contributed by atoms with Gasteiger partial charge in [-0.15, -0.1) is 0 Å². The summed E-state index contributed by atoms with van der Waals surface area (Å²) in [6.45, 7) is 21.4. The number of benzene rings is 9. The molecule has 12 rings (SSSR count). The van der Waals surface area contributed by atoms with Crippen molar-refractivity contribution in [3.8, 4) is 73.3 Å². The van der Waals surface area contributed by atoms with Crippen LogP contribution in [0.25, 0.3) is 111 Å². The van der Waals surface area contributed by atoms with Gasteiger partial charge in [0.1, 0.15) is 0 Å². The summed E-state index contributed by atoms with van der Waals surface area (Å²) in [4.78, 5) is 10.7. The van der Waals surface area contributed by atoms with Gasteiger partial charge < -0.3 is 9.13 Å². The standard InChI is InChI=1S/C69H57N5/c1-39-19-40(2)24-54(23-39)50-11-15-58-59-16-12-51(55-25-41(3)20-42(4)26-55)35-63(59)73(62(58)34-50)66-32-49(38-70)33-67(68(66)69-71-47(9)31-48(10)72-69)74-64-36-52(56-27-43(5)21-44(6)28-56)13-17-60(64)61-18-14-53(37-65(61)74)57-29-45(7)22-46(8)30-57/h11-37H,1-10H3. The topological polar surface area (TPSA) is 59.4 Å². The summed E-state index contributed by atoms with van der Waals surface area (Å²) in [5.41, 5.74) is 27.6. The van der Waals surface area contributed by atoms with E-state index in [1.54, 1.807) is 0 Å². The maximum absolute atomic E-state index is 11.4. The van der Waals surface area contributed by atoms with Gasteiger partial charge in [-0.25, -0.2) is 9.97 Å². The monoisotopic (exact) mass is 955 g/mol. The van der Waals surface area contributed by atoms with Crippen LogP contribution in [-0.2, 0) is 0 Å². The van der Waals surface area contributed by atoms with Gasteiger partial charge >= 0.3 is 0 Å². The lowest BCUT2D eigenvalue weighted by Gasteiger charge is -2.21. The Morgan fingerprint density at radius 1 is 0.311 bits per heavy atom. The van der Waals surface area contributed by atoms with Crippen molar-refractivity contribution in [1.29, 1.82) is 5.26 Å². The minimum absolute atomic E-state index is 0.528. The molecule has 0 amide bonds. The second-order valence-electron chi connectivity index (χ2n) is 21.1. The lowest BCUT2D eigenvalue weighted by Crippen LogP contribution is -2.08. The van der Waals surface area contributed by atoms with E-state index in [4.69, 9.17) is 9.97 Å². The molecule has 0 bridgehead atoms. The molecule has 0 aliphatic heterocycles. The van der Waals surface area contributed by atoms with Crippen LogP contribution < -0.4 is 0 Å². The Morgan fingerprint density at radius 3 is 0.838 bits per heavy atom. The maximum atomic E-state index is 11.4. The van der Waals surface area contributed by atoms with Gasteiger partial charge in [-0.3, -0.25) is 0 Å². The zero-order valence-electron chi connectivity index (χ0n) is 43.8. The van der Waals surface area contributed by atoms with Crippen LogP contribution in [0, 0.1) is 80.6 Å². The highest BCUT2D eigenvalue weighted by molar-refractivity contribution is 6.14. The second kappa shape index (κ2) is 17.7. The molecule has 0 spiro atoms. The molecule has 3 heterocycles. The third-order valence-corrected chi connectivity index (χ3v) is 14.7. The van der Waals surface area contributed by atoms with E-state index in [0.29, 0.717) is 11.4 Å². The van der Waals surface area contributed by atoms with Gasteiger partial charge in [0.05, 0.1) is 50.6 Å². The molecule has 3 aromatic heterocycles. The molecule has 0 aliphatic rings.